The van der Waals surface area contributed by atoms with Gasteiger partial charge in [0, 0.05) is 18.8 Å². The highest BCUT2D eigenvalue weighted by Gasteiger charge is 2.28. The van der Waals surface area contributed by atoms with Crippen molar-refractivity contribution in [2.75, 3.05) is 30.1 Å². The Morgan fingerprint density at radius 2 is 2.00 bits per heavy atom. The van der Waals surface area contributed by atoms with Gasteiger partial charge in [0.1, 0.15) is 11.5 Å². The summed E-state index contributed by atoms with van der Waals surface area (Å²) < 4.78 is 32.3. The maximum Gasteiger partial charge on any atom is 0.241 e. The quantitative estimate of drug-likeness (QED) is 0.732. The summed E-state index contributed by atoms with van der Waals surface area (Å²) in [5.74, 6) is -0.0283. The number of likely N-dealkylation sites (tertiary alicyclic amines) is 1. The Labute approximate surface area is 155 Å². The summed E-state index contributed by atoms with van der Waals surface area (Å²) in [6.45, 7) is 5.44. The second kappa shape index (κ2) is 9.26. The third kappa shape index (κ3) is 6.72. The lowest BCUT2D eigenvalue weighted by atomic mass is 10.1. The van der Waals surface area contributed by atoms with E-state index in [0.29, 0.717) is 31.1 Å². The molecule has 3 N–H and O–H groups in total. The highest BCUT2D eigenvalue weighted by Crippen LogP contribution is 2.19. The zero-order valence-corrected chi connectivity index (χ0v) is 16.1. The van der Waals surface area contributed by atoms with E-state index >= 15 is 0 Å². The minimum atomic E-state index is -3.74. The highest BCUT2D eigenvalue weighted by molar-refractivity contribution is 7.93. The summed E-state index contributed by atoms with van der Waals surface area (Å²) in [6, 6.07) is 6.60. The summed E-state index contributed by atoms with van der Waals surface area (Å²) in [7, 11) is -3.74. The van der Waals surface area contributed by atoms with Crippen LogP contribution in [-0.2, 0) is 14.8 Å². The normalized spacial score (nSPS) is 17.3. The molecule has 1 fully saturated rings. The number of benzene rings is 1. The third-order valence-corrected chi connectivity index (χ3v) is 4.96. The first-order valence-corrected chi connectivity index (χ1v) is 9.69. The molecule has 0 radical (unpaired) electrons. The van der Waals surface area contributed by atoms with Crippen molar-refractivity contribution in [3.63, 3.8) is 0 Å². The minimum absolute atomic E-state index is 0. The number of sulfonamides is 1. The standard InChI is InChI=1S/C16H25N3O4S.ClH/c1-12(2)23-15-5-3-14(4-6-15)18-24(21,22)11-16(20)19-8-7-13(9-17)10-19;/h3-6,12-13,18H,7-11,17H2,1-2H3;1H. The summed E-state index contributed by atoms with van der Waals surface area (Å²) in [4.78, 5) is 13.7. The second-order valence-corrected chi connectivity index (χ2v) is 8.00. The van der Waals surface area contributed by atoms with E-state index in [0.717, 1.165) is 6.42 Å². The van der Waals surface area contributed by atoms with Crippen LogP contribution in [0.15, 0.2) is 24.3 Å². The van der Waals surface area contributed by atoms with E-state index in [1.807, 2.05) is 13.8 Å². The average molecular weight is 392 g/mol. The van der Waals surface area contributed by atoms with Crippen molar-refractivity contribution >= 4 is 34.0 Å². The van der Waals surface area contributed by atoms with E-state index in [-0.39, 0.29) is 24.4 Å². The van der Waals surface area contributed by atoms with Crippen molar-refractivity contribution in [3.05, 3.63) is 24.3 Å². The molecule has 1 atom stereocenters. The first-order chi connectivity index (χ1) is 11.3. The molecule has 1 aliphatic rings. The molecule has 7 nitrogen and oxygen atoms in total. The van der Waals surface area contributed by atoms with Crippen molar-refractivity contribution in [3.8, 4) is 5.75 Å². The van der Waals surface area contributed by atoms with Crippen molar-refractivity contribution in [2.45, 2.75) is 26.4 Å². The topological polar surface area (TPSA) is 102 Å². The van der Waals surface area contributed by atoms with Crippen LogP contribution in [0.5, 0.6) is 5.75 Å². The zero-order chi connectivity index (χ0) is 17.7. The van der Waals surface area contributed by atoms with Crippen LogP contribution in [0.25, 0.3) is 0 Å². The maximum atomic E-state index is 12.2. The number of halogens is 1. The van der Waals surface area contributed by atoms with Crippen molar-refractivity contribution < 1.29 is 17.9 Å². The highest BCUT2D eigenvalue weighted by atomic mass is 35.5. The lowest BCUT2D eigenvalue weighted by molar-refractivity contribution is -0.127. The smallest absolute Gasteiger partial charge is 0.241 e. The van der Waals surface area contributed by atoms with Gasteiger partial charge in [-0.1, -0.05) is 0 Å². The fourth-order valence-electron chi connectivity index (χ4n) is 2.59. The molecule has 1 aliphatic heterocycles. The van der Waals surface area contributed by atoms with Crippen LogP contribution in [0.3, 0.4) is 0 Å². The molecule has 0 spiro atoms. The van der Waals surface area contributed by atoms with Crippen molar-refractivity contribution in [1.82, 2.24) is 4.90 Å². The Hall–Kier alpha value is -1.51. The monoisotopic (exact) mass is 391 g/mol. The molecular formula is C16H26ClN3O4S. The number of nitrogens with one attached hydrogen (secondary N) is 1. The summed E-state index contributed by atoms with van der Waals surface area (Å²) in [6.07, 6.45) is 0.871. The first-order valence-electron chi connectivity index (χ1n) is 8.04. The molecule has 1 amide bonds. The Morgan fingerprint density at radius 3 is 2.52 bits per heavy atom. The summed E-state index contributed by atoms with van der Waals surface area (Å²) in [5, 5.41) is 0. The number of rotatable bonds is 7. The van der Waals surface area contributed by atoms with Gasteiger partial charge in [-0.15, -0.1) is 12.4 Å². The number of nitrogens with two attached hydrogens (primary N) is 1. The van der Waals surface area contributed by atoms with Crippen LogP contribution in [-0.4, -0.2) is 50.7 Å². The molecule has 0 saturated carbocycles. The molecule has 0 aliphatic carbocycles. The molecule has 1 heterocycles. The number of carbonyl (C=O) groups is 1. The number of hydrogen-bond donors (Lipinski definition) is 2. The Balaban J connectivity index is 0.00000312. The Morgan fingerprint density at radius 1 is 1.36 bits per heavy atom. The van der Waals surface area contributed by atoms with Crippen LogP contribution in [0.4, 0.5) is 5.69 Å². The van der Waals surface area contributed by atoms with Crippen LogP contribution >= 0.6 is 12.4 Å². The predicted octanol–water partition coefficient (Wildman–Crippen LogP) is 1.44. The van der Waals surface area contributed by atoms with E-state index in [4.69, 9.17) is 10.5 Å². The van der Waals surface area contributed by atoms with E-state index in [9.17, 15) is 13.2 Å². The van der Waals surface area contributed by atoms with Gasteiger partial charge in [0.05, 0.1) is 6.10 Å². The molecule has 1 unspecified atom stereocenters. The number of amides is 1. The largest absolute Gasteiger partial charge is 0.491 e. The average Bonchev–Trinajstić information content (AvgIpc) is 2.97. The van der Waals surface area contributed by atoms with Gasteiger partial charge in [0.25, 0.3) is 0 Å². The number of nitrogens with zero attached hydrogens (tertiary/aromatic N) is 1. The predicted molar refractivity (Wildman–Crippen MR) is 101 cm³/mol. The maximum absolute atomic E-state index is 12.2. The summed E-state index contributed by atoms with van der Waals surface area (Å²) >= 11 is 0. The minimum Gasteiger partial charge on any atom is -0.491 e. The van der Waals surface area contributed by atoms with Gasteiger partial charge in [0.15, 0.2) is 0 Å². The number of anilines is 1. The number of carbonyl (C=O) groups excluding carboxylic acids is 1. The Kier molecular flexibility index (Phi) is 7.98. The van der Waals surface area contributed by atoms with Crippen LogP contribution in [0, 0.1) is 5.92 Å². The molecule has 0 bridgehead atoms. The fraction of sp³-hybridized carbons (Fsp3) is 0.562. The third-order valence-electron chi connectivity index (χ3n) is 3.78. The Bertz CT molecular complexity index is 664. The molecule has 9 heteroatoms. The molecule has 0 aromatic heterocycles. The van der Waals surface area contributed by atoms with Gasteiger partial charge in [-0.2, -0.15) is 0 Å². The van der Waals surface area contributed by atoms with Gasteiger partial charge in [-0.3, -0.25) is 9.52 Å². The van der Waals surface area contributed by atoms with Crippen LogP contribution in [0.2, 0.25) is 0 Å². The van der Waals surface area contributed by atoms with Gasteiger partial charge >= 0.3 is 0 Å². The lowest BCUT2D eigenvalue weighted by Crippen LogP contribution is -2.36. The van der Waals surface area contributed by atoms with Gasteiger partial charge in [-0.25, -0.2) is 8.42 Å². The van der Waals surface area contributed by atoms with Gasteiger partial charge in [0.2, 0.25) is 15.9 Å². The lowest BCUT2D eigenvalue weighted by Gasteiger charge is -2.17. The molecule has 1 aromatic rings. The van der Waals surface area contributed by atoms with E-state index in [1.165, 1.54) is 0 Å². The first kappa shape index (κ1) is 21.5. The van der Waals surface area contributed by atoms with Crippen LogP contribution < -0.4 is 15.2 Å². The van der Waals surface area contributed by atoms with E-state index in [2.05, 4.69) is 4.72 Å². The van der Waals surface area contributed by atoms with Crippen molar-refractivity contribution in [2.24, 2.45) is 11.7 Å². The second-order valence-electron chi connectivity index (χ2n) is 6.28. The number of ether oxygens (including phenoxy) is 1. The van der Waals surface area contributed by atoms with Crippen molar-refractivity contribution in [1.29, 1.82) is 0 Å². The van der Waals surface area contributed by atoms with Gasteiger partial charge < -0.3 is 15.4 Å². The zero-order valence-electron chi connectivity index (χ0n) is 14.5. The molecule has 2 rings (SSSR count). The fourth-order valence-corrected chi connectivity index (χ4v) is 3.67. The molecular weight excluding hydrogens is 366 g/mol. The molecule has 1 aromatic carbocycles. The summed E-state index contributed by atoms with van der Waals surface area (Å²) in [5.41, 5.74) is 5.99. The molecule has 142 valence electrons. The number of hydrogen-bond acceptors (Lipinski definition) is 5. The van der Waals surface area contributed by atoms with E-state index < -0.39 is 21.7 Å². The molecule has 1 saturated heterocycles. The van der Waals surface area contributed by atoms with Crippen LogP contribution in [0.1, 0.15) is 20.3 Å². The molecule has 25 heavy (non-hydrogen) atoms. The van der Waals surface area contributed by atoms with Gasteiger partial charge in [-0.05, 0) is 57.0 Å². The SMILES string of the molecule is CC(C)Oc1ccc(NS(=O)(=O)CC(=O)N2CCC(CN)C2)cc1.Cl. The van der Waals surface area contributed by atoms with E-state index in [1.54, 1.807) is 29.2 Å².